The molecule has 2 nitrogen and oxygen atoms in total. The number of benzene rings is 1. The standard InChI is InChI=1S/C15H15F3O2S/c1-2-3-4-7-20-14(19)13-9-10-8-11(15(16,17)18)5-6-12(10)21-13/h5-6,8-9H,2-4,7H2,1H3. The number of halogens is 3. The van der Waals surface area contributed by atoms with E-state index in [1.165, 1.54) is 12.1 Å². The quantitative estimate of drug-likeness (QED) is 0.555. The Balaban J connectivity index is 2.13. The third kappa shape index (κ3) is 3.97. The van der Waals surface area contributed by atoms with Crippen molar-refractivity contribution in [2.45, 2.75) is 32.4 Å². The number of carbonyl (C=O) groups excluding carboxylic acids is 1. The maximum Gasteiger partial charge on any atom is 0.416 e. The van der Waals surface area contributed by atoms with Gasteiger partial charge in [-0.05, 0) is 36.1 Å². The van der Waals surface area contributed by atoms with Crippen LogP contribution in [-0.4, -0.2) is 12.6 Å². The molecule has 0 atom stereocenters. The predicted molar refractivity (Wildman–Crippen MR) is 76.6 cm³/mol. The van der Waals surface area contributed by atoms with Gasteiger partial charge in [-0.2, -0.15) is 13.2 Å². The number of ether oxygens (including phenoxy) is 1. The predicted octanol–water partition coefficient (Wildman–Crippen LogP) is 5.27. The fourth-order valence-corrected chi connectivity index (χ4v) is 2.85. The zero-order chi connectivity index (χ0) is 15.5. The topological polar surface area (TPSA) is 26.3 Å². The van der Waals surface area contributed by atoms with E-state index in [-0.39, 0.29) is 0 Å². The van der Waals surface area contributed by atoms with Gasteiger partial charge in [0.25, 0.3) is 0 Å². The van der Waals surface area contributed by atoms with Crippen LogP contribution in [0.4, 0.5) is 13.2 Å². The molecule has 2 rings (SSSR count). The summed E-state index contributed by atoms with van der Waals surface area (Å²) in [7, 11) is 0. The Kier molecular flexibility index (Phi) is 4.88. The number of esters is 1. The number of carbonyl (C=O) groups is 1. The van der Waals surface area contributed by atoms with Crippen LogP contribution in [0.5, 0.6) is 0 Å². The Bertz CT molecular complexity index is 631. The molecule has 0 aliphatic heterocycles. The van der Waals surface area contributed by atoms with Crippen molar-refractivity contribution < 1.29 is 22.7 Å². The van der Waals surface area contributed by atoms with Crippen LogP contribution in [0.15, 0.2) is 24.3 Å². The first kappa shape index (κ1) is 15.8. The number of hydrogen-bond donors (Lipinski definition) is 0. The molecule has 0 saturated heterocycles. The van der Waals surface area contributed by atoms with E-state index in [0.29, 0.717) is 21.6 Å². The minimum absolute atomic E-state index is 0.334. The second-order valence-electron chi connectivity index (χ2n) is 4.70. The number of hydrogen-bond acceptors (Lipinski definition) is 3. The van der Waals surface area contributed by atoms with E-state index >= 15 is 0 Å². The molecule has 0 unspecified atom stereocenters. The van der Waals surface area contributed by atoms with Gasteiger partial charge in [0.05, 0.1) is 12.2 Å². The van der Waals surface area contributed by atoms with E-state index in [1.807, 2.05) is 6.92 Å². The summed E-state index contributed by atoms with van der Waals surface area (Å²) in [6.07, 6.45) is -1.57. The molecular formula is C15H15F3O2S. The molecule has 0 amide bonds. The highest BCUT2D eigenvalue weighted by atomic mass is 32.1. The fourth-order valence-electron chi connectivity index (χ4n) is 1.91. The van der Waals surface area contributed by atoms with Crippen molar-refractivity contribution in [1.82, 2.24) is 0 Å². The van der Waals surface area contributed by atoms with Gasteiger partial charge in [-0.15, -0.1) is 11.3 Å². The molecule has 0 radical (unpaired) electrons. The average molecular weight is 316 g/mol. The van der Waals surface area contributed by atoms with Crippen molar-refractivity contribution in [1.29, 1.82) is 0 Å². The highest BCUT2D eigenvalue weighted by Gasteiger charge is 2.30. The smallest absolute Gasteiger partial charge is 0.416 e. The maximum atomic E-state index is 12.6. The number of alkyl halides is 3. The summed E-state index contributed by atoms with van der Waals surface area (Å²) in [6.45, 7) is 2.39. The molecule has 0 N–H and O–H groups in total. The van der Waals surface area contributed by atoms with Gasteiger partial charge in [0.1, 0.15) is 4.88 Å². The van der Waals surface area contributed by atoms with Gasteiger partial charge in [-0.1, -0.05) is 19.8 Å². The summed E-state index contributed by atoms with van der Waals surface area (Å²) in [5.74, 6) is -0.471. The first-order valence-corrected chi connectivity index (χ1v) is 7.51. The molecule has 0 bridgehead atoms. The summed E-state index contributed by atoms with van der Waals surface area (Å²) >= 11 is 1.15. The molecule has 0 fully saturated rings. The molecule has 1 aromatic heterocycles. The van der Waals surface area contributed by atoms with Gasteiger partial charge in [0.2, 0.25) is 0 Å². The SMILES string of the molecule is CCCCCOC(=O)c1cc2cc(C(F)(F)F)ccc2s1. The van der Waals surface area contributed by atoms with Crippen LogP contribution < -0.4 is 0 Å². The second kappa shape index (κ2) is 6.47. The van der Waals surface area contributed by atoms with Crippen molar-refractivity contribution in [3.63, 3.8) is 0 Å². The number of unbranched alkanes of at least 4 members (excludes halogenated alkanes) is 2. The summed E-state index contributed by atoms with van der Waals surface area (Å²) in [6, 6.07) is 4.92. The number of fused-ring (bicyclic) bond motifs is 1. The third-order valence-corrected chi connectivity index (χ3v) is 4.12. The Hall–Kier alpha value is -1.56. The molecule has 21 heavy (non-hydrogen) atoms. The molecule has 0 aliphatic rings. The Morgan fingerprint density at radius 2 is 2.00 bits per heavy atom. The van der Waals surface area contributed by atoms with Crippen LogP contribution in [-0.2, 0) is 10.9 Å². The molecule has 114 valence electrons. The normalized spacial score (nSPS) is 11.8. The molecule has 1 heterocycles. The summed E-state index contributed by atoms with van der Waals surface area (Å²) in [5, 5.41) is 0.412. The zero-order valence-electron chi connectivity index (χ0n) is 11.5. The lowest BCUT2D eigenvalue weighted by molar-refractivity contribution is -0.137. The van der Waals surface area contributed by atoms with E-state index in [9.17, 15) is 18.0 Å². The van der Waals surface area contributed by atoms with Gasteiger partial charge >= 0.3 is 12.1 Å². The van der Waals surface area contributed by atoms with Gasteiger partial charge in [0, 0.05) is 4.70 Å². The lowest BCUT2D eigenvalue weighted by atomic mass is 10.1. The summed E-state index contributed by atoms with van der Waals surface area (Å²) in [4.78, 5) is 12.2. The Morgan fingerprint density at radius 3 is 2.67 bits per heavy atom. The highest BCUT2D eigenvalue weighted by Crippen LogP contribution is 2.34. The van der Waals surface area contributed by atoms with Crippen LogP contribution in [0.25, 0.3) is 10.1 Å². The number of thiophene rings is 1. The van der Waals surface area contributed by atoms with Crippen LogP contribution >= 0.6 is 11.3 Å². The first-order chi connectivity index (χ1) is 9.91. The van der Waals surface area contributed by atoms with Crippen LogP contribution in [0.1, 0.15) is 41.4 Å². The largest absolute Gasteiger partial charge is 0.462 e. The minimum Gasteiger partial charge on any atom is -0.462 e. The van der Waals surface area contributed by atoms with Crippen LogP contribution in [0, 0.1) is 0 Å². The van der Waals surface area contributed by atoms with E-state index in [4.69, 9.17) is 4.74 Å². The molecule has 0 aliphatic carbocycles. The van der Waals surface area contributed by atoms with Crippen molar-refractivity contribution >= 4 is 27.4 Å². The molecule has 0 spiro atoms. The highest BCUT2D eigenvalue weighted by molar-refractivity contribution is 7.20. The van der Waals surface area contributed by atoms with Crippen molar-refractivity contribution in [2.24, 2.45) is 0 Å². The average Bonchev–Trinajstić information content (AvgIpc) is 2.85. The molecule has 1 aromatic carbocycles. The molecule has 2 aromatic rings. The van der Waals surface area contributed by atoms with Gasteiger partial charge in [-0.3, -0.25) is 0 Å². The minimum atomic E-state index is -4.38. The van der Waals surface area contributed by atoms with E-state index in [2.05, 4.69) is 0 Å². The van der Waals surface area contributed by atoms with Crippen molar-refractivity contribution in [2.75, 3.05) is 6.61 Å². The Labute approximate surface area is 124 Å². The Morgan fingerprint density at radius 1 is 1.24 bits per heavy atom. The molecular weight excluding hydrogens is 301 g/mol. The van der Waals surface area contributed by atoms with Gasteiger partial charge < -0.3 is 4.74 Å². The van der Waals surface area contributed by atoms with Crippen molar-refractivity contribution in [3.8, 4) is 0 Å². The monoisotopic (exact) mass is 316 g/mol. The lowest BCUT2D eigenvalue weighted by Gasteiger charge is -2.05. The van der Waals surface area contributed by atoms with Gasteiger partial charge in [-0.25, -0.2) is 4.79 Å². The number of rotatable bonds is 5. The van der Waals surface area contributed by atoms with Gasteiger partial charge in [0.15, 0.2) is 0 Å². The maximum absolute atomic E-state index is 12.6. The van der Waals surface area contributed by atoms with E-state index in [0.717, 1.165) is 42.7 Å². The van der Waals surface area contributed by atoms with Crippen molar-refractivity contribution in [3.05, 3.63) is 34.7 Å². The van der Waals surface area contributed by atoms with Crippen LogP contribution in [0.3, 0.4) is 0 Å². The second-order valence-corrected chi connectivity index (χ2v) is 5.79. The van der Waals surface area contributed by atoms with Crippen LogP contribution in [0.2, 0.25) is 0 Å². The zero-order valence-corrected chi connectivity index (χ0v) is 12.3. The summed E-state index contributed by atoms with van der Waals surface area (Å²) < 4.78 is 43.6. The summed E-state index contributed by atoms with van der Waals surface area (Å²) in [5.41, 5.74) is -0.712. The first-order valence-electron chi connectivity index (χ1n) is 6.69. The van der Waals surface area contributed by atoms with E-state index < -0.39 is 17.7 Å². The molecule has 6 heteroatoms. The lowest BCUT2D eigenvalue weighted by Crippen LogP contribution is -2.04. The molecule has 0 saturated carbocycles. The fraction of sp³-hybridized carbons (Fsp3) is 0.400. The van der Waals surface area contributed by atoms with E-state index in [1.54, 1.807) is 0 Å². The third-order valence-electron chi connectivity index (χ3n) is 3.03.